The Morgan fingerprint density at radius 1 is 0.544 bits per heavy atom. The second kappa shape index (κ2) is 40.9. The summed E-state index contributed by atoms with van der Waals surface area (Å²) in [6.45, 7) is 3.97. The van der Waals surface area contributed by atoms with Crippen molar-refractivity contribution in [1.29, 1.82) is 0 Å². The lowest BCUT2D eigenvalue weighted by atomic mass is 10.1. The highest BCUT2D eigenvalue weighted by atomic mass is 31.2. The Labute approximate surface area is 346 Å². The Morgan fingerprint density at radius 3 is 1.40 bits per heavy atom. The summed E-state index contributed by atoms with van der Waals surface area (Å²) in [4.78, 5) is 37.0. The van der Waals surface area contributed by atoms with E-state index in [9.17, 15) is 19.0 Å². The molecule has 0 aliphatic rings. The Morgan fingerprint density at radius 2 is 0.947 bits per heavy atom. The van der Waals surface area contributed by atoms with E-state index in [0.29, 0.717) is 19.4 Å². The minimum atomic E-state index is -4.39. The van der Waals surface area contributed by atoms with Crippen LogP contribution in [0.5, 0.6) is 0 Å². The molecule has 0 aromatic rings. The van der Waals surface area contributed by atoms with Crippen LogP contribution < -0.4 is 0 Å². The van der Waals surface area contributed by atoms with Gasteiger partial charge in [0.25, 0.3) is 0 Å². The van der Waals surface area contributed by atoms with Crippen molar-refractivity contribution < 1.29 is 37.6 Å². The summed E-state index contributed by atoms with van der Waals surface area (Å²) < 4.78 is 33.4. The van der Waals surface area contributed by atoms with E-state index in [-0.39, 0.29) is 26.1 Å². The maximum Gasteiger partial charge on any atom is 0.472 e. The second-order valence-corrected chi connectivity index (χ2v) is 15.2. The molecule has 0 amide bonds. The maximum absolute atomic E-state index is 12.6. The average Bonchev–Trinajstić information content (AvgIpc) is 3.18. The van der Waals surface area contributed by atoms with E-state index >= 15 is 0 Å². The van der Waals surface area contributed by atoms with Crippen LogP contribution in [0.1, 0.15) is 129 Å². The first-order chi connectivity index (χ1) is 27.7. The molecule has 0 aromatic carbocycles. The van der Waals surface area contributed by atoms with Crippen molar-refractivity contribution in [3.8, 4) is 0 Å². The molecule has 0 aromatic heterocycles. The minimum Gasteiger partial charge on any atom is -0.462 e. The van der Waals surface area contributed by atoms with Gasteiger partial charge in [-0.1, -0.05) is 130 Å². The highest BCUT2D eigenvalue weighted by Crippen LogP contribution is 2.43. The number of allylic oxidation sites excluding steroid dienone is 18. The zero-order valence-corrected chi connectivity index (χ0v) is 36.6. The number of ether oxygens (including phenoxy) is 2. The van der Waals surface area contributed by atoms with E-state index in [1.807, 2.05) is 14.1 Å². The van der Waals surface area contributed by atoms with Crippen molar-refractivity contribution in [1.82, 2.24) is 4.90 Å². The van der Waals surface area contributed by atoms with E-state index in [1.165, 1.54) is 0 Å². The smallest absolute Gasteiger partial charge is 0.462 e. The molecule has 322 valence electrons. The third-order valence-corrected chi connectivity index (χ3v) is 9.06. The van der Waals surface area contributed by atoms with Gasteiger partial charge in [-0.2, -0.15) is 0 Å². The molecule has 0 rings (SSSR count). The van der Waals surface area contributed by atoms with Crippen molar-refractivity contribution in [3.05, 3.63) is 109 Å². The molecule has 0 radical (unpaired) electrons. The van der Waals surface area contributed by atoms with Gasteiger partial charge in [-0.3, -0.25) is 18.6 Å². The topological polar surface area (TPSA) is 112 Å². The van der Waals surface area contributed by atoms with E-state index in [4.69, 9.17) is 18.5 Å². The molecule has 2 atom stereocenters. The third kappa shape index (κ3) is 42.1. The number of carbonyl (C=O) groups excluding carboxylic acids is 2. The number of phosphoric acid groups is 1. The molecule has 0 heterocycles. The summed E-state index contributed by atoms with van der Waals surface area (Å²) in [7, 11) is -0.767. The normalized spacial score (nSPS) is 14.5. The Kier molecular flexibility index (Phi) is 38.5. The fourth-order valence-electron chi connectivity index (χ4n) is 4.88. The monoisotopic (exact) mass is 814 g/mol. The first kappa shape index (κ1) is 53.7. The van der Waals surface area contributed by atoms with Crippen LogP contribution in [-0.2, 0) is 32.7 Å². The number of rotatable bonds is 37. The first-order valence-corrected chi connectivity index (χ1v) is 22.7. The summed E-state index contributed by atoms with van der Waals surface area (Å²) in [6.07, 6.45) is 52.8. The summed E-state index contributed by atoms with van der Waals surface area (Å²) in [5, 5.41) is 0. The van der Waals surface area contributed by atoms with Gasteiger partial charge in [0.2, 0.25) is 0 Å². The Bertz CT molecular complexity index is 1310. The van der Waals surface area contributed by atoms with Crippen LogP contribution in [0.25, 0.3) is 0 Å². The lowest BCUT2D eigenvalue weighted by Crippen LogP contribution is -2.29. The number of nitrogens with zero attached hydrogens (tertiary/aromatic N) is 1. The number of unbranched alkanes of at least 4 members (excludes halogenated alkanes) is 5. The average molecular weight is 814 g/mol. The fraction of sp³-hybridized carbons (Fsp3) is 0.574. The van der Waals surface area contributed by atoms with Gasteiger partial charge in [0.1, 0.15) is 6.61 Å². The van der Waals surface area contributed by atoms with Crippen molar-refractivity contribution >= 4 is 19.8 Å². The van der Waals surface area contributed by atoms with Crippen molar-refractivity contribution in [2.75, 3.05) is 40.5 Å². The van der Waals surface area contributed by atoms with Crippen LogP contribution in [-0.4, -0.2) is 68.3 Å². The molecule has 0 fully saturated rings. The molecule has 57 heavy (non-hydrogen) atoms. The molecule has 9 nitrogen and oxygen atoms in total. The third-order valence-electron chi connectivity index (χ3n) is 8.07. The molecule has 10 heteroatoms. The fourth-order valence-corrected chi connectivity index (χ4v) is 5.62. The molecule has 0 aliphatic carbocycles. The second-order valence-electron chi connectivity index (χ2n) is 13.7. The predicted octanol–water partition coefficient (Wildman–Crippen LogP) is 12.2. The van der Waals surface area contributed by atoms with Crippen LogP contribution in [0.15, 0.2) is 109 Å². The number of likely N-dealkylation sites (N-methyl/N-ethyl adjacent to an activating group) is 1. The Hall–Kier alpha value is -3.33. The lowest BCUT2D eigenvalue weighted by molar-refractivity contribution is -0.161. The van der Waals surface area contributed by atoms with Gasteiger partial charge in [0.15, 0.2) is 6.10 Å². The van der Waals surface area contributed by atoms with Crippen molar-refractivity contribution in [2.45, 2.75) is 136 Å². The Balaban J connectivity index is 4.46. The van der Waals surface area contributed by atoms with Crippen LogP contribution in [0.4, 0.5) is 0 Å². The zero-order valence-electron chi connectivity index (χ0n) is 35.7. The van der Waals surface area contributed by atoms with E-state index in [1.54, 1.807) is 4.90 Å². The summed E-state index contributed by atoms with van der Waals surface area (Å²) in [6, 6.07) is 0. The summed E-state index contributed by atoms with van der Waals surface area (Å²) >= 11 is 0. The van der Waals surface area contributed by atoms with Crippen LogP contribution >= 0.6 is 7.82 Å². The number of hydrogen-bond acceptors (Lipinski definition) is 8. The van der Waals surface area contributed by atoms with Crippen LogP contribution in [0, 0.1) is 0 Å². The van der Waals surface area contributed by atoms with Gasteiger partial charge in [-0.15, -0.1) is 0 Å². The first-order valence-electron chi connectivity index (χ1n) is 21.2. The molecular weight excluding hydrogens is 737 g/mol. The zero-order chi connectivity index (χ0) is 41.9. The standard InChI is InChI=1S/C47H76NO8P/c1-5-7-9-11-13-15-17-19-21-22-23-24-26-27-29-31-33-35-37-39-46(49)53-43-45(44-55-57(51,52)54-42-41-48(3)4)56-47(50)40-38-36-34-32-30-28-25-20-18-16-14-12-10-8-6-2/h7-10,13-16,19-21,23-25,27,29-30,32,45H,5-6,11-12,17-18,22,26,28,31,33-44H2,1-4H3,(H,51,52)/b9-7-,10-8-,15-13-,16-14-,21-19-,24-23-,25-20-,29-27-,32-30-. The molecular formula is C47H76NO8P. The molecule has 0 bridgehead atoms. The van der Waals surface area contributed by atoms with E-state index < -0.39 is 32.5 Å². The molecule has 0 saturated heterocycles. The number of carbonyl (C=O) groups is 2. The van der Waals surface area contributed by atoms with Gasteiger partial charge in [-0.05, 0) is 110 Å². The molecule has 0 spiro atoms. The lowest BCUT2D eigenvalue weighted by Gasteiger charge is -2.20. The predicted molar refractivity (Wildman–Crippen MR) is 238 cm³/mol. The minimum absolute atomic E-state index is 0.0133. The van der Waals surface area contributed by atoms with Crippen molar-refractivity contribution in [3.63, 3.8) is 0 Å². The van der Waals surface area contributed by atoms with E-state index in [2.05, 4.69) is 123 Å². The molecule has 1 N–H and O–H groups in total. The van der Waals surface area contributed by atoms with E-state index in [0.717, 1.165) is 89.9 Å². The summed E-state index contributed by atoms with van der Waals surface area (Å²) in [5.41, 5.74) is 0. The van der Waals surface area contributed by atoms with Crippen molar-refractivity contribution in [2.24, 2.45) is 0 Å². The summed E-state index contributed by atoms with van der Waals surface area (Å²) in [5.74, 6) is -0.903. The van der Waals surface area contributed by atoms with Crippen LogP contribution in [0.2, 0.25) is 0 Å². The van der Waals surface area contributed by atoms with Gasteiger partial charge in [0.05, 0.1) is 13.2 Å². The molecule has 0 saturated carbocycles. The highest BCUT2D eigenvalue weighted by molar-refractivity contribution is 7.47. The molecule has 0 aliphatic heterocycles. The maximum atomic E-state index is 12.6. The highest BCUT2D eigenvalue weighted by Gasteiger charge is 2.26. The van der Waals surface area contributed by atoms with Gasteiger partial charge < -0.3 is 19.3 Å². The quantitative estimate of drug-likeness (QED) is 0.0283. The van der Waals surface area contributed by atoms with Crippen LogP contribution in [0.3, 0.4) is 0 Å². The van der Waals surface area contributed by atoms with Gasteiger partial charge in [0, 0.05) is 19.4 Å². The van der Waals surface area contributed by atoms with Gasteiger partial charge in [-0.25, -0.2) is 4.57 Å². The SMILES string of the molecule is CC/C=C\C/C=C\C/C=C\C/C=C\C/C=C\CCCCCC(=O)OCC(COP(=O)(O)OCCN(C)C)OC(=O)CCCC/C=C\C/C=C\C/C=C\C/C=C\CC. The number of esters is 2. The number of hydrogen-bond donors (Lipinski definition) is 1. The molecule has 2 unspecified atom stereocenters. The number of phosphoric ester groups is 1. The largest absolute Gasteiger partial charge is 0.472 e. The van der Waals surface area contributed by atoms with Gasteiger partial charge >= 0.3 is 19.8 Å².